The van der Waals surface area contributed by atoms with Gasteiger partial charge in [-0.05, 0) is 74.6 Å². The molecule has 0 saturated carbocycles. The van der Waals surface area contributed by atoms with E-state index >= 15 is 0 Å². The van der Waals surface area contributed by atoms with Crippen LogP contribution < -0.4 is 4.74 Å². The topological polar surface area (TPSA) is 47.4 Å². The van der Waals surface area contributed by atoms with Crippen molar-refractivity contribution in [3.63, 3.8) is 0 Å². The fourth-order valence-electron chi connectivity index (χ4n) is 5.05. The van der Waals surface area contributed by atoms with E-state index in [0.29, 0.717) is 5.75 Å². The number of aromatic nitrogens is 2. The maximum absolute atomic E-state index is 13.7. The average Bonchev–Trinajstić information content (AvgIpc) is 3.26. The van der Waals surface area contributed by atoms with Crippen LogP contribution in [-0.2, 0) is 4.79 Å². The lowest BCUT2D eigenvalue weighted by atomic mass is 9.84. The van der Waals surface area contributed by atoms with Crippen molar-refractivity contribution in [2.75, 3.05) is 7.11 Å². The number of ether oxygens (including phenoxy) is 1. The number of methoxy groups -OCH3 is 1. The van der Waals surface area contributed by atoms with E-state index in [2.05, 4.69) is 18.0 Å². The van der Waals surface area contributed by atoms with Crippen molar-refractivity contribution in [2.45, 2.75) is 45.2 Å². The second-order valence-electron chi connectivity index (χ2n) is 9.14. The molecular formula is C28H28FN3O2. The van der Waals surface area contributed by atoms with Gasteiger partial charge in [0.15, 0.2) is 0 Å². The maximum Gasteiger partial charge on any atom is 0.250 e. The van der Waals surface area contributed by atoms with Crippen molar-refractivity contribution >= 4 is 12.0 Å². The fraction of sp³-hybridized carbons (Fsp3) is 0.286. The van der Waals surface area contributed by atoms with Crippen LogP contribution in [0.1, 0.15) is 49.0 Å². The summed E-state index contributed by atoms with van der Waals surface area (Å²) in [5.74, 6) is 0.488. The minimum Gasteiger partial charge on any atom is -0.495 e. The molecule has 5 nitrogen and oxygen atoms in total. The molecule has 0 unspecified atom stereocenters. The number of fused-ring (bicyclic) bond motifs is 1. The lowest BCUT2D eigenvalue weighted by Crippen LogP contribution is -2.48. The van der Waals surface area contributed by atoms with E-state index < -0.39 is 0 Å². The van der Waals surface area contributed by atoms with Crippen molar-refractivity contribution in [3.05, 3.63) is 94.8 Å². The van der Waals surface area contributed by atoms with E-state index in [1.165, 1.54) is 17.7 Å². The molecule has 0 spiro atoms. The Balaban J connectivity index is 1.47. The van der Waals surface area contributed by atoms with Gasteiger partial charge in [-0.1, -0.05) is 29.8 Å². The van der Waals surface area contributed by atoms with Crippen LogP contribution in [0.2, 0.25) is 0 Å². The number of aryl methyl sites for hydroxylation is 1. The van der Waals surface area contributed by atoms with E-state index in [0.717, 1.165) is 47.3 Å². The van der Waals surface area contributed by atoms with Gasteiger partial charge in [-0.15, -0.1) is 0 Å². The lowest BCUT2D eigenvalue weighted by Gasteiger charge is -2.44. The number of halogens is 1. The molecule has 2 aliphatic rings. The van der Waals surface area contributed by atoms with Crippen LogP contribution >= 0.6 is 0 Å². The minimum absolute atomic E-state index is 0.0441. The summed E-state index contributed by atoms with van der Waals surface area (Å²) in [4.78, 5) is 20.0. The first kappa shape index (κ1) is 22.1. The molecule has 0 aliphatic carbocycles. The van der Waals surface area contributed by atoms with E-state index in [9.17, 15) is 9.18 Å². The molecule has 0 N–H and O–H groups in total. The third-order valence-corrected chi connectivity index (χ3v) is 6.70. The Hall–Kier alpha value is -3.67. The molecular weight excluding hydrogens is 429 g/mol. The van der Waals surface area contributed by atoms with Crippen LogP contribution in [0.25, 0.3) is 11.8 Å². The van der Waals surface area contributed by atoms with E-state index in [1.807, 2.05) is 46.9 Å². The highest BCUT2D eigenvalue weighted by Gasteiger charge is 2.38. The highest BCUT2D eigenvalue weighted by Crippen LogP contribution is 2.40. The van der Waals surface area contributed by atoms with Crippen molar-refractivity contribution in [3.8, 4) is 11.4 Å². The van der Waals surface area contributed by atoms with Crippen LogP contribution in [0.3, 0.4) is 0 Å². The first-order valence-electron chi connectivity index (χ1n) is 11.6. The largest absolute Gasteiger partial charge is 0.495 e. The zero-order valence-electron chi connectivity index (χ0n) is 19.7. The second-order valence-corrected chi connectivity index (χ2v) is 9.14. The zero-order chi connectivity index (χ0) is 23.8. The van der Waals surface area contributed by atoms with E-state index in [1.54, 1.807) is 25.6 Å². The summed E-state index contributed by atoms with van der Waals surface area (Å²) >= 11 is 0. The minimum atomic E-state index is -0.273. The predicted octanol–water partition coefficient (Wildman–Crippen LogP) is 5.79. The van der Waals surface area contributed by atoms with Crippen LogP contribution in [-0.4, -0.2) is 33.5 Å². The van der Waals surface area contributed by atoms with Crippen molar-refractivity contribution in [2.24, 2.45) is 0 Å². The van der Waals surface area contributed by atoms with Gasteiger partial charge in [-0.2, -0.15) is 0 Å². The Bertz CT molecular complexity index is 1290. The third-order valence-electron chi connectivity index (χ3n) is 6.70. The highest BCUT2D eigenvalue weighted by atomic mass is 19.1. The molecule has 34 heavy (non-hydrogen) atoms. The summed E-state index contributed by atoms with van der Waals surface area (Å²) in [5, 5.41) is 0. The highest BCUT2D eigenvalue weighted by molar-refractivity contribution is 5.99. The number of nitrogens with zero attached hydrogens (tertiary/aromatic N) is 3. The number of benzene rings is 2. The van der Waals surface area contributed by atoms with Crippen molar-refractivity contribution < 1.29 is 13.9 Å². The maximum atomic E-state index is 13.7. The van der Waals surface area contributed by atoms with Gasteiger partial charge < -0.3 is 14.2 Å². The van der Waals surface area contributed by atoms with Crippen LogP contribution in [0, 0.1) is 12.7 Å². The lowest BCUT2D eigenvalue weighted by molar-refractivity contribution is -0.133. The Morgan fingerprint density at radius 1 is 1.15 bits per heavy atom. The number of hydrogen-bond donors (Lipinski definition) is 0. The number of rotatable bonds is 4. The summed E-state index contributed by atoms with van der Waals surface area (Å²) in [5.41, 5.74) is 5.73. The molecule has 2 aromatic carbocycles. The molecule has 1 fully saturated rings. The van der Waals surface area contributed by atoms with Crippen LogP contribution in [0.4, 0.5) is 4.39 Å². The molecule has 2 atom stereocenters. The Morgan fingerprint density at radius 3 is 2.65 bits per heavy atom. The van der Waals surface area contributed by atoms with Crippen molar-refractivity contribution in [1.82, 2.24) is 14.5 Å². The number of amides is 1. The average molecular weight is 458 g/mol. The summed E-state index contributed by atoms with van der Waals surface area (Å²) in [6.07, 6.45) is 10.3. The quantitative estimate of drug-likeness (QED) is 0.368. The Labute approximate surface area is 199 Å². The van der Waals surface area contributed by atoms with Crippen LogP contribution in [0.15, 0.2) is 72.2 Å². The van der Waals surface area contributed by atoms with Crippen molar-refractivity contribution in [1.29, 1.82) is 0 Å². The molecule has 1 aromatic heterocycles. The molecule has 174 valence electrons. The molecule has 0 radical (unpaired) electrons. The molecule has 6 heteroatoms. The van der Waals surface area contributed by atoms with Gasteiger partial charge in [0.2, 0.25) is 0 Å². The monoisotopic (exact) mass is 457 g/mol. The number of hydrogen-bond acceptors (Lipinski definition) is 3. The van der Waals surface area contributed by atoms with E-state index in [-0.39, 0.29) is 23.8 Å². The molecule has 3 heterocycles. The molecule has 3 aromatic rings. The van der Waals surface area contributed by atoms with Gasteiger partial charge in [0.05, 0.1) is 30.9 Å². The Morgan fingerprint density at radius 2 is 1.94 bits per heavy atom. The van der Waals surface area contributed by atoms with Gasteiger partial charge in [0, 0.05) is 17.8 Å². The smallest absolute Gasteiger partial charge is 0.250 e. The zero-order valence-corrected chi connectivity index (χ0v) is 19.7. The number of carbonyl (C=O) groups is 1. The van der Waals surface area contributed by atoms with Gasteiger partial charge in [0.1, 0.15) is 11.6 Å². The summed E-state index contributed by atoms with van der Waals surface area (Å²) in [7, 11) is 1.64. The van der Waals surface area contributed by atoms with Gasteiger partial charge in [0.25, 0.3) is 5.91 Å². The number of imidazole rings is 1. The number of carbonyl (C=O) groups excluding carboxylic acids is 1. The molecule has 0 bridgehead atoms. The van der Waals surface area contributed by atoms with Gasteiger partial charge in [-0.3, -0.25) is 4.79 Å². The normalized spacial score (nSPS) is 21.4. The van der Waals surface area contributed by atoms with Crippen LogP contribution in [0.5, 0.6) is 5.75 Å². The standard InChI is InChI=1S/C28H28FN3O2/c1-18-12-24-10-7-22(28(33)32(24)26(13-18)21-5-8-23(29)9-6-21)14-20-4-11-25(27(15-20)34-3)31-16-19(2)30-17-31/h4-6,8-9,11,13-17,24,26H,7,10,12H2,1-3H3/b22-14-/t24-,26+/m1/s1. The molecule has 1 amide bonds. The van der Waals surface area contributed by atoms with Gasteiger partial charge in [-0.25, -0.2) is 9.37 Å². The second kappa shape index (κ2) is 8.93. The number of piperidine rings is 1. The van der Waals surface area contributed by atoms with E-state index in [4.69, 9.17) is 4.74 Å². The van der Waals surface area contributed by atoms with Gasteiger partial charge >= 0.3 is 0 Å². The first-order chi connectivity index (χ1) is 16.4. The molecule has 1 saturated heterocycles. The summed E-state index contributed by atoms with van der Waals surface area (Å²) in [6, 6.07) is 12.4. The summed E-state index contributed by atoms with van der Waals surface area (Å²) < 4.78 is 21.1. The molecule has 2 aliphatic heterocycles. The third kappa shape index (κ3) is 4.16. The SMILES string of the molecule is COc1cc(/C=C2/CC[C@@H]3CC(C)=C[C@@H](c4ccc(F)cc4)N3C2=O)ccc1-n1cnc(C)c1. The fourth-order valence-corrected chi connectivity index (χ4v) is 5.05. The predicted molar refractivity (Wildman–Crippen MR) is 130 cm³/mol. The Kier molecular flexibility index (Phi) is 5.82. The summed E-state index contributed by atoms with van der Waals surface area (Å²) in [6.45, 7) is 4.06. The molecule has 5 rings (SSSR count). The first-order valence-corrected chi connectivity index (χ1v) is 11.6.